The van der Waals surface area contributed by atoms with E-state index >= 15 is 0 Å². The molecule has 0 aromatic rings. The Balaban J connectivity index is 1.65. The molecule has 2 aliphatic carbocycles. The van der Waals surface area contributed by atoms with E-state index in [1.54, 1.807) is 0 Å². The second-order valence-electron chi connectivity index (χ2n) is 5.25. The quantitative estimate of drug-likeness (QED) is 0.511. The SMILES string of the molecule is CC(C)=C[SiH2]OCC1CC2CCC1C2. The van der Waals surface area contributed by atoms with Crippen molar-refractivity contribution in [2.45, 2.75) is 39.5 Å². The predicted octanol–water partition coefficient (Wildman–Crippen LogP) is 2.45. The van der Waals surface area contributed by atoms with Crippen molar-refractivity contribution >= 4 is 9.76 Å². The minimum Gasteiger partial charge on any atom is -0.419 e. The van der Waals surface area contributed by atoms with Crippen LogP contribution in [0.4, 0.5) is 0 Å². The van der Waals surface area contributed by atoms with Gasteiger partial charge in [0.15, 0.2) is 9.76 Å². The highest BCUT2D eigenvalue weighted by Crippen LogP contribution is 2.48. The molecule has 0 spiro atoms. The molecule has 2 fully saturated rings. The third-order valence-electron chi connectivity index (χ3n) is 3.83. The van der Waals surface area contributed by atoms with Crippen molar-refractivity contribution in [2.24, 2.45) is 17.8 Å². The van der Waals surface area contributed by atoms with Crippen LogP contribution in [-0.2, 0) is 4.43 Å². The van der Waals surface area contributed by atoms with Gasteiger partial charge in [0.05, 0.1) is 0 Å². The number of rotatable bonds is 4. The van der Waals surface area contributed by atoms with Crippen LogP contribution in [0.3, 0.4) is 0 Å². The fourth-order valence-electron chi connectivity index (χ4n) is 3.03. The van der Waals surface area contributed by atoms with Crippen molar-refractivity contribution in [3.05, 3.63) is 11.3 Å². The Morgan fingerprint density at radius 3 is 2.79 bits per heavy atom. The molecule has 0 aromatic heterocycles. The van der Waals surface area contributed by atoms with Crippen LogP contribution in [0, 0.1) is 17.8 Å². The summed E-state index contributed by atoms with van der Waals surface area (Å²) in [6, 6.07) is 0. The van der Waals surface area contributed by atoms with Gasteiger partial charge < -0.3 is 4.43 Å². The topological polar surface area (TPSA) is 9.23 Å². The minimum absolute atomic E-state index is 0.347. The summed E-state index contributed by atoms with van der Waals surface area (Å²) in [5, 5.41) is 0. The fraction of sp³-hybridized carbons (Fsp3) is 0.833. The van der Waals surface area contributed by atoms with E-state index < -0.39 is 0 Å². The zero-order valence-electron chi connectivity index (χ0n) is 9.46. The molecule has 2 heteroatoms. The molecular formula is C12H22OSi. The van der Waals surface area contributed by atoms with E-state index in [-0.39, 0.29) is 9.76 Å². The third-order valence-corrected chi connectivity index (χ3v) is 5.28. The van der Waals surface area contributed by atoms with E-state index in [0.717, 1.165) is 24.4 Å². The summed E-state index contributed by atoms with van der Waals surface area (Å²) in [7, 11) is -0.347. The molecule has 0 amide bonds. The van der Waals surface area contributed by atoms with Crippen LogP contribution < -0.4 is 0 Å². The van der Waals surface area contributed by atoms with Crippen molar-refractivity contribution in [1.82, 2.24) is 0 Å². The van der Waals surface area contributed by atoms with Crippen molar-refractivity contribution < 1.29 is 4.43 Å². The number of hydrogen-bond donors (Lipinski definition) is 0. The standard InChI is InChI=1S/C12H22OSi/c1-9(2)8-14-13-7-12-6-10-3-4-11(12)5-10/h8,10-12H,3-7,14H2,1-2H3. The van der Waals surface area contributed by atoms with Gasteiger partial charge in [0.25, 0.3) is 0 Å². The Hall–Kier alpha value is -0.0831. The van der Waals surface area contributed by atoms with Crippen LogP contribution in [0.5, 0.6) is 0 Å². The Morgan fingerprint density at radius 1 is 1.36 bits per heavy atom. The lowest BCUT2D eigenvalue weighted by molar-refractivity contribution is 0.204. The second-order valence-corrected chi connectivity index (χ2v) is 6.40. The normalized spacial score (nSPS) is 35.7. The Morgan fingerprint density at radius 2 is 2.21 bits per heavy atom. The zero-order chi connectivity index (χ0) is 9.97. The van der Waals surface area contributed by atoms with Crippen LogP contribution in [0.1, 0.15) is 39.5 Å². The number of allylic oxidation sites excluding steroid dienone is 1. The first-order chi connectivity index (χ1) is 6.75. The number of hydrogen-bond acceptors (Lipinski definition) is 1. The predicted molar refractivity (Wildman–Crippen MR) is 62.9 cm³/mol. The van der Waals surface area contributed by atoms with E-state index in [4.69, 9.17) is 4.43 Å². The minimum atomic E-state index is -0.347. The van der Waals surface area contributed by atoms with E-state index in [2.05, 4.69) is 19.5 Å². The first kappa shape index (κ1) is 10.4. The van der Waals surface area contributed by atoms with Crippen LogP contribution >= 0.6 is 0 Å². The van der Waals surface area contributed by atoms with Crippen LogP contribution in [-0.4, -0.2) is 16.4 Å². The monoisotopic (exact) mass is 210 g/mol. The van der Waals surface area contributed by atoms with Gasteiger partial charge in [-0.3, -0.25) is 0 Å². The lowest BCUT2D eigenvalue weighted by Gasteiger charge is -2.21. The summed E-state index contributed by atoms with van der Waals surface area (Å²) in [5.41, 5.74) is 3.73. The van der Waals surface area contributed by atoms with Gasteiger partial charge in [-0.05, 0) is 50.9 Å². The van der Waals surface area contributed by atoms with Gasteiger partial charge in [0.2, 0.25) is 0 Å². The summed E-state index contributed by atoms with van der Waals surface area (Å²) < 4.78 is 5.84. The van der Waals surface area contributed by atoms with Crippen LogP contribution in [0.2, 0.25) is 0 Å². The summed E-state index contributed by atoms with van der Waals surface area (Å²) in [6.07, 6.45) is 5.97. The van der Waals surface area contributed by atoms with E-state index in [1.807, 2.05) is 0 Å². The first-order valence-corrected chi connectivity index (χ1v) is 7.36. The van der Waals surface area contributed by atoms with Crippen molar-refractivity contribution in [3.8, 4) is 0 Å². The average Bonchev–Trinajstić information content (AvgIpc) is 2.73. The summed E-state index contributed by atoms with van der Waals surface area (Å²) in [6.45, 7) is 5.39. The Bertz CT molecular complexity index is 220. The van der Waals surface area contributed by atoms with Gasteiger partial charge in [-0.2, -0.15) is 0 Å². The van der Waals surface area contributed by atoms with Crippen LogP contribution in [0.25, 0.3) is 0 Å². The molecule has 3 atom stereocenters. The largest absolute Gasteiger partial charge is 0.419 e. The molecule has 0 saturated heterocycles. The molecule has 0 aromatic carbocycles. The lowest BCUT2D eigenvalue weighted by Crippen LogP contribution is -2.17. The molecule has 0 radical (unpaired) electrons. The smallest absolute Gasteiger partial charge is 0.185 e. The molecule has 80 valence electrons. The molecule has 2 bridgehead atoms. The number of fused-ring (bicyclic) bond motifs is 2. The first-order valence-electron chi connectivity index (χ1n) is 5.97. The van der Waals surface area contributed by atoms with Gasteiger partial charge in [-0.15, -0.1) is 0 Å². The fourth-order valence-corrected chi connectivity index (χ4v) is 3.92. The molecule has 0 heterocycles. The molecule has 2 saturated carbocycles. The van der Waals surface area contributed by atoms with Crippen molar-refractivity contribution in [2.75, 3.05) is 6.61 Å². The maximum absolute atomic E-state index is 5.84. The molecule has 3 unspecified atom stereocenters. The second kappa shape index (κ2) is 4.62. The highest BCUT2D eigenvalue weighted by Gasteiger charge is 2.39. The molecule has 0 N–H and O–H groups in total. The zero-order valence-corrected chi connectivity index (χ0v) is 10.9. The van der Waals surface area contributed by atoms with Gasteiger partial charge in [0.1, 0.15) is 0 Å². The maximum atomic E-state index is 5.84. The molecule has 1 nitrogen and oxygen atoms in total. The highest BCUT2D eigenvalue weighted by atomic mass is 28.2. The molecule has 14 heavy (non-hydrogen) atoms. The van der Waals surface area contributed by atoms with E-state index in [1.165, 1.54) is 31.3 Å². The van der Waals surface area contributed by atoms with Crippen molar-refractivity contribution in [3.63, 3.8) is 0 Å². The molecule has 2 rings (SSSR count). The van der Waals surface area contributed by atoms with Crippen molar-refractivity contribution in [1.29, 1.82) is 0 Å². The summed E-state index contributed by atoms with van der Waals surface area (Å²) in [4.78, 5) is 0. The summed E-state index contributed by atoms with van der Waals surface area (Å²) in [5.74, 6) is 3.02. The third kappa shape index (κ3) is 2.48. The maximum Gasteiger partial charge on any atom is 0.185 e. The summed E-state index contributed by atoms with van der Waals surface area (Å²) >= 11 is 0. The van der Waals surface area contributed by atoms with E-state index in [0.29, 0.717) is 0 Å². The van der Waals surface area contributed by atoms with Gasteiger partial charge in [-0.25, -0.2) is 0 Å². The molecule has 0 aliphatic heterocycles. The van der Waals surface area contributed by atoms with Crippen LogP contribution in [0.15, 0.2) is 11.3 Å². The molecular weight excluding hydrogens is 188 g/mol. The van der Waals surface area contributed by atoms with Gasteiger partial charge in [-0.1, -0.05) is 17.7 Å². The Kier molecular flexibility index (Phi) is 3.45. The highest BCUT2D eigenvalue weighted by molar-refractivity contribution is 6.34. The lowest BCUT2D eigenvalue weighted by atomic mass is 9.90. The van der Waals surface area contributed by atoms with Gasteiger partial charge >= 0.3 is 0 Å². The Labute approximate surface area is 89.9 Å². The van der Waals surface area contributed by atoms with E-state index in [9.17, 15) is 0 Å². The van der Waals surface area contributed by atoms with Gasteiger partial charge in [0, 0.05) is 6.61 Å². The molecule has 2 aliphatic rings. The average molecular weight is 210 g/mol.